The molecule has 0 atom stereocenters. The number of benzene rings is 1. The van der Waals surface area contributed by atoms with Crippen molar-refractivity contribution in [2.75, 3.05) is 14.2 Å². The lowest BCUT2D eigenvalue weighted by atomic mass is 10.2. The second-order valence-corrected chi connectivity index (χ2v) is 5.52. The molecular weight excluding hydrogens is 346 g/mol. The second-order valence-electron chi connectivity index (χ2n) is 5.52. The summed E-state index contributed by atoms with van der Waals surface area (Å²) >= 11 is 0. The summed E-state index contributed by atoms with van der Waals surface area (Å²) in [5.41, 5.74) is 1.23. The van der Waals surface area contributed by atoms with E-state index in [1.165, 1.54) is 0 Å². The number of carbonyl (C=O) groups excluding carboxylic acids is 1. The molecule has 1 aromatic carbocycles. The van der Waals surface area contributed by atoms with E-state index in [1.54, 1.807) is 63.1 Å². The summed E-state index contributed by atoms with van der Waals surface area (Å²) in [5, 5.41) is 2.84. The Kier molecular flexibility index (Phi) is 5.84. The highest BCUT2D eigenvalue weighted by Crippen LogP contribution is 2.33. The maximum Gasteiger partial charge on any atom is 0.257 e. The van der Waals surface area contributed by atoms with Gasteiger partial charge in [0.1, 0.15) is 11.3 Å². The number of pyridine rings is 2. The van der Waals surface area contributed by atoms with Crippen molar-refractivity contribution in [1.29, 1.82) is 0 Å². The maximum absolute atomic E-state index is 12.6. The molecule has 0 bridgehead atoms. The van der Waals surface area contributed by atoms with E-state index in [1.807, 2.05) is 12.1 Å². The Hall–Kier alpha value is -3.61. The van der Waals surface area contributed by atoms with Crippen molar-refractivity contribution in [2.24, 2.45) is 0 Å². The lowest BCUT2D eigenvalue weighted by Gasteiger charge is -2.12. The first-order valence-corrected chi connectivity index (χ1v) is 8.23. The van der Waals surface area contributed by atoms with E-state index >= 15 is 0 Å². The molecule has 7 nitrogen and oxygen atoms in total. The van der Waals surface area contributed by atoms with Gasteiger partial charge in [-0.2, -0.15) is 0 Å². The highest BCUT2D eigenvalue weighted by molar-refractivity contribution is 5.96. The summed E-state index contributed by atoms with van der Waals surface area (Å²) in [4.78, 5) is 20.8. The fraction of sp³-hybridized carbons (Fsp3) is 0.150. The molecule has 0 aliphatic carbocycles. The van der Waals surface area contributed by atoms with Gasteiger partial charge in [0.2, 0.25) is 5.88 Å². The Bertz CT molecular complexity index is 916. The van der Waals surface area contributed by atoms with Crippen LogP contribution in [0.5, 0.6) is 23.1 Å². The zero-order valence-corrected chi connectivity index (χ0v) is 15.0. The van der Waals surface area contributed by atoms with Gasteiger partial charge in [-0.25, -0.2) is 4.98 Å². The Morgan fingerprint density at radius 2 is 1.85 bits per heavy atom. The molecule has 0 aliphatic rings. The number of methoxy groups -OCH3 is 2. The zero-order valence-electron chi connectivity index (χ0n) is 15.0. The number of amides is 1. The van der Waals surface area contributed by atoms with Crippen LogP contribution in [-0.2, 0) is 6.54 Å². The largest absolute Gasteiger partial charge is 0.493 e. The first kappa shape index (κ1) is 18.2. The number of hydrogen-bond acceptors (Lipinski definition) is 6. The molecule has 0 spiro atoms. The van der Waals surface area contributed by atoms with Crippen molar-refractivity contribution in [1.82, 2.24) is 15.3 Å². The van der Waals surface area contributed by atoms with E-state index < -0.39 is 0 Å². The fourth-order valence-corrected chi connectivity index (χ4v) is 2.42. The minimum absolute atomic E-state index is 0.202. The van der Waals surface area contributed by atoms with Gasteiger partial charge in [-0.3, -0.25) is 9.78 Å². The standard InChI is InChI=1S/C20H19N3O4/c1-25-17-8-7-15(11-18(17)26-2)27-20-16(6-4-10-22-20)19(24)23-13-14-5-3-9-21-12-14/h3-12H,13H2,1-2H3,(H,23,24). The van der Waals surface area contributed by atoms with Crippen molar-refractivity contribution < 1.29 is 19.0 Å². The van der Waals surface area contributed by atoms with Crippen LogP contribution in [0.25, 0.3) is 0 Å². The molecule has 7 heteroatoms. The SMILES string of the molecule is COc1ccc(Oc2ncccc2C(=O)NCc2cccnc2)cc1OC. The van der Waals surface area contributed by atoms with Gasteiger partial charge in [0.15, 0.2) is 11.5 Å². The number of aromatic nitrogens is 2. The third kappa shape index (κ3) is 4.52. The smallest absolute Gasteiger partial charge is 0.257 e. The molecule has 0 saturated heterocycles. The Morgan fingerprint density at radius 1 is 1.04 bits per heavy atom. The number of nitrogens with zero attached hydrogens (tertiary/aromatic N) is 2. The molecule has 1 N–H and O–H groups in total. The summed E-state index contributed by atoms with van der Waals surface area (Å²) in [6, 6.07) is 12.1. The quantitative estimate of drug-likeness (QED) is 0.692. The summed E-state index contributed by atoms with van der Waals surface area (Å²) < 4.78 is 16.3. The first-order valence-electron chi connectivity index (χ1n) is 8.23. The third-order valence-corrected chi connectivity index (χ3v) is 3.76. The van der Waals surface area contributed by atoms with Gasteiger partial charge in [-0.1, -0.05) is 6.07 Å². The molecule has 0 aliphatic heterocycles. The van der Waals surface area contributed by atoms with Gasteiger partial charge in [0, 0.05) is 31.2 Å². The van der Waals surface area contributed by atoms with Crippen LogP contribution in [0.15, 0.2) is 61.1 Å². The topological polar surface area (TPSA) is 82.6 Å². The van der Waals surface area contributed by atoms with Gasteiger partial charge >= 0.3 is 0 Å². The molecule has 27 heavy (non-hydrogen) atoms. The van der Waals surface area contributed by atoms with E-state index in [0.29, 0.717) is 29.4 Å². The molecule has 1 amide bonds. The molecule has 2 heterocycles. The molecule has 2 aromatic heterocycles. The Morgan fingerprint density at radius 3 is 2.59 bits per heavy atom. The molecule has 138 valence electrons. The predicted octanol–water partition coefficient (Wildman–Crippen LogP) is 3.22. The lowest BCUT2D eigenvalue weighted by Crippen LogP contribution is -2.23. The Labute approximate surface area is 156 Å². The number of rotatable bonds is 7. The van der Waals surface area contributed by atoms with Crippen LogP contribution in [-0.4, -0.2) is 30.1 Å². The second kappa shape index (κ2) is 8.66. The third-order valence-electron chi connectivity index (χ3n) is 3.76. The van der Waals surface area contributed by atoms with Crippen molar-refractivity contribution in [3.05, 3.63) is 72.2 Å². The van der Waals surface area contributed by atoms with Crippen LogP contribution in [0.3, 0.4) is 0 Å². The summed E-state index contributed by atoms with van der Waals surface area (Å²) in [5.74, 6) is 1.50. The van der Waals surface area contributed by atoms with Gasteiger partial charge in [0.05, 0.1) is 14.2 Å². The van der Waals surface area contributed by atoms with Gasteiger partial charge in [0.25, 0.3) is 5.91 Å². The van der Waals surface area contributed by atoms with Gasteiger partial charge in [-0.05, 0) is 35.9 Å². The van der Waals surface area contributed by atoms with Crippen LogP contribution in [0.2, 0.25) is 0 Å². The number of ether oxygens (including phenoxy) is 3. The average molecular weight is 365 g/mol. The van der Waals surface area contributed by atoms with Crippen LogP contribution in [0.4, 0.5) is 0 Å². The molecule has 3 rings (SSSR count). The van der Waals surface area contributed by atoms with Crippen LogP contribution in [0, 0.1) is 0 Å². The molecular formula is C20H19N3O4. The van der Waals surface area contributed by atoms with E-state index in [2.05, 4.69) is 15.3 Å². The minimum Gasteiger partial charge on any atom is -0.493 e. The number of hydrogen-bond donors (Lipinski definition) is 1. The number of carbonyl (C=O) groups is 1. The van der Waals surface area contributed by atoms with Crippen molar-refractivity contribution >= 4 is 5.91 Å². The zero-order chi connectivity index (χ0) is 19.1. The van der Waals surface area contributed by atoms with Crippen molar-refractivity contribution in [2.45, 2.75) is 6.54 Å². The molecule has 3 aromatic rings. The average Bonchev–Trinajstić information content (AvgIpc) is 2.73. The van der Waals surface area contributed by atoms with Crippen LogP contribution in [0.1, 0.15) is 15.9 Å². The van der Waals surface area contributed by atoms with E-state index in [9.17, 15) is 4.79 Å². The van der Waals surface area contributed by atoms with E-state index in [-0.39, 0.29) is 11.8 Å². The van der Waals surface area contributed by atoms with Crippen LogP contribution >= 0.6 is 0 Å². The highest BCUT2D eigenvalue weighted by atomic mass is 16.5. The van der Waals surface area contributed by atoms with E-state index in [4.69, 9.17) is 14.2 Å². The summed E-state index contributed by atoms with van der Waals surface area (Å²) in [7, 11) is 3.10. The minimum atomic E-state index is -0.289. The van der Waals surface area contributed by atoms with Crippen molar-refractivity contribution in [3.8, 4) is 23.1 Å². The van der Waals surface area contributed by atoms with E-state index in [0.717, 1.165) is 5.56 Å². The Balaban J connectivity index is 1.76. The molecule has 0 radical (unpaired) electrons. The van der Waals surface area contributed by atoms with Crippen LogP contribution < -0.4 is 19.5 Å². The van der Waals surface area contributed by atoms with Gasteiger partial charge in [-0.15, -0.1) is 0 Å². The molecule has 0 unspecified atom stereocenters. The molecule has 0 saturated carbocycles. The van der Waals surface area contributed by atoms with Gasteiger partial charge < -0.3 is 19.5 Å². The molecule has 0 fully saturated rings. The summed E-state index contributed by atoms with van der Waals surface area (Å²) in [6.45, 7) is 0.358. The van der Waals surface area contributed by atoms with Crippen molar-refractivity contribution in [3.63, 3.8) is 0 Å². The maximum atomic E-state index is 12.6. The first-order chi connectivity index (χ1) is 13.2. The highest BCUT2D eigenvalue weighted by Gasteiger charge is 2.15. The normalized spacial score (nSPS) is 10.1. The lowest BCUT2D eigenvalue weighted by molar-refractivity contribution is 0.0948. The summed E-state index contributed by atoms with van der Waals surface area (Å²) in [6.07, 6.45) is 4.94. The predicted molar refractivity (Wildman–Crippen MR) is 99.3 cm³/mol. The fourth-order valence-electron chi connectivity index (χ4n) is 2.42. The monoisotopic (exact) mass is 365 g/mol. The number of nitrogens with one attached hydrogen (secondary N) is 1.